The lowest BCUT2D eigenvalue weighted by molar-refractivity contribution is -0.154. The van der Waals surface area contributed by atoms with E-state index < -0.39 is 34.1 Å². The molecule has 1 aliphatic carbocycles. The molecule has 0 heterocycles. The highest BCUT2D eigenvalue weighted by atomic mass is 32.2. The van der Waals surface area contributed by atoms with Gasteiger partial charge < -0.3 is 9.47 Å². The van der Waals surface area contributed by atoms with Crippen molar-refractivity contribution in [2.24, 2.45) is 5.92 Å². The molecule has 3 nitrogen and oxygen atoms in total. The van der Waals surface area contributed by atoms with Crippen molar-refractivity contribution in [3.8, 4) is 17.6 Å². The number of hydrogen-bond acceptors (Lipinski definition) is 3. The molecule has 0 radical (unpaired) electrons. The van der Waals surface area contributed by atoms with Crippen molar-refractivity contribution in [3.05, 3.63) is 84.4 Å². The molecule has 0 spiro atoms. The Balaban J connectivity index is 1.41. The minimum absolute atomic E-state index is 0.243. The van der Waals surface area contributed by atoms with Gasteiger partial charge >= 0.3 is 5.97 Å². The molecule has 0 bridgehead atoms. The van der Waals surface area contributed by atoms with Gasteiger partial charge in [0.1, 0.15) is 17.4 Å². The Bertz CT molecular complexity index is 1240. The fourth-order valence-corrected chi connectivity index (χ4v) is 6.40. The second-order valence-corrected chi connectivity index (χ2v) is 11.6. The van der Waals surface area contributed by atoms with E-state index in [1.807, 2.05) is 42.5 Å². The van der Waals surface area contributed by atoms with Crippen molar-refractivity contribution in [1.29, 1.82) is 0 Å². The second-order valence-electron chi connectivity index (χ2n) is 9.57. The summed E-state index contributed by atoms with van der Waals surface area (Å²) in [5.74, 6) is 5.54. The molecule has 3 aromatic rings. The molecule has 1 aliphatic rings. The van der Waals surface area contributed by atoms with Crippen LogP contribution in [0.25, 0.3) is 0 Å². The molecule has 0 saturated heterocycles. The summed E-state index contributed by atoms with van der Waals surface area (Å²) in [4.78, 5) is 14.7. The van der Waals surface area contributed by atoms with Crippen molar-refractivity contribution in [1.82, 2.24) is 0 Å². The predicted molar refractivity (Wildman–Crippen MR) is 141 cm³/mol. The van der Waals surface area contributed by atoms with E-state index in [4.69, 9.17) is 9.47 Å². The summed E-state index contributed by atoms with van der Waals surface area (Å²) in [7, 11) is -0.717. The lowest BCUT2D eigenvalue weighted by Gasteiger charge is -2.20. The summed E-state index contributed by atoms with van der Waals surface area (Å²) in [5, 5.41) is 0. The predicted octanol–water partition coefficient (Wildman–Crippen LogP) is 7.34. The summed E-state index contributed by atoms with van der Waals surface area (Å²) < 4.78 is 39.2. The number of benzene rings is 3. The molecule has 3 aromatic carbocycles. The van der Waals surface area contributed by atoms with Crippen LogP contribution in [0.15, 0.2) is 87.5 Å². The third kappa shape index (κ3) is 7.84. The third-order valence-corrected chi connectivity index (χ3v) is 8.21. The van der Waals surface area contributed by atoms with Gasteiger partial charge in [-0.2, -0.15) is 0 Å². The quantitative estimate of drug-likeness (QED) is 0.185. The van der Waals surface area contributed by atoms with Crippen LogP contribution in [0.3, 0.4) is 0 Å². The van der Waals surface area contributed by atoms with Gasteiger partial charge in [-0.15, -0.1) is 0 Å². The van der Waals surface area contributed by atoms with E-state index >= 15 is 0 Å². The first-order chi connectivity index (χ1) is 17.8. The Morgan fingerprint density at radius 2 is 1.51 bits per heavy atom. The standard InChI is InChI=1S/C31H31F2O3S/c1-31(2,18-17-23-9-5-3-6-10-23)36-30(34)22-35-26-13-15-28(16-14-26)37(27-11-7-4-8-12-27)29-20-24(32)19-25(33)21-29/h4,7-8,11-16,19-21,23H,3,5-6,9-10,22H2,1-2H3/q+1. The van der Waals surface area contributed by atoms with E-state index in [1.165, 1.54) is 31.4 Å². The summed E-state index contributed by atoms with van der Waals surface area (Å²) in [6.07, 6.45) is 5.90. The van der Waals surface area contributed by atoms with Crippen molar-refractivity contribution >= 4 is 16.9 Å². The zero-order valence-corrected chi connectivity index (χ0v) is 22.0. The monoisotopic (exact) mass is 521 g/mol. The molecule has 1 fully saturated rings. The number of carbonyl (C=O) groups excluding carboxylic acids is 1. The number of esters is 1. The zero-order valence-electron chi connectivity index (χ0n) is 21.1. The zero-order chi connectivity index (χ0) is 26.3. The van der Waals surface area contributed by atoms with Crippen LogP contribution in [-0.4, -0.2) is 18.2 Å². The number of hydrogen-bond donors (Lipinski definition) is 0. The third-order valence-electron chi connectivity index (χ3n) is 6.02. The maximum Gasteiger partial charge on any atom is 0.345 e. The number of carbonyl (C=O) groups is 1. The Morgan fingerprint density at radius 1 is 0.892 bits per heavy atom. The van der Waals surface area contributed by atoms with Gasteiger partial charge in [-0.05, 0) is 63.1 Å². The van der Waals surface area contributed by atoms with Gasteiger partial charge in [0.15, 0.2) is 26.9 Å². The van der Waals surface area contributed by atoms with Crippen molar-refractivity contribution < 1.29 is 23.0 Å². The van der Waals surface area contributed by atoms with Crippen LogP contribution in [-0.2, 0) is 20.4 Å². The fourth-order valence-electron chi connectivity index (χ4n) is 4.29. The molecule has 1 atom stereocenters. The summed E-state index contributed by atoms with van der Waals surface area (Å²) >= 11 is 0. The Labute approximate surface area is 220 Å². The molecule has 0 aromatic heterocycles. The molecule has 0 N–H and O–H groups in total. The van der Waals surface area contributed by atoms with Crippen LogP contribution >= 0.6 is 0 Å². The fraction of sp³-hybridized carbons (Fsp3) is 0.323. The van der Waals surface area contributed by atoms with Crippen molar-refractivity contribution in [3.63, 3.8) is 0 Å². The van der Waals surface area contributed by atoms with Crippen LogP contribution in [0.1, 0.15) is 46.0 Å². The van der Waals surface area contributed by atoms with E-state index in [1.54, 1.807) is 26.0 Å². The van der Waals surface area contributed by atoms with Crippen LogP contribution in [0.2, 0.25) is 0 Å². The first-order valence-electron chi connectivity index (χ1n) is 12.5. The molecule has 0 aliphatic heterocycles. The summed E-state index contributed by atoms with van der Waals surface area (Å²) in [6.45, 7) is 3.33. The van der Waals surface area contributed by atoms with Crippen LogP contribution in [0.5, 0.6) is 5.75 Å². The van der Waals surface area contributed by atoms with Crippen molar-refractivity contribution in [2.75, 3.05) is 6.61 Å². The normalized spacial score (nSPS) is 14.8. The van der Waals surface area contributed by atoms with Gasteiger partial charge in [0, 0.05) is 24.1 Å². The molecule has 192 valence electrons. The van der Waals surface area contributed by atoms with Gasteiger partial charge in [0.05, 0.1) is 10.9 Å². The Morgan fingerprint density at radius 3 is 2.16 bits per heavy atom. The Hall–Kier alpha value is -3.30. The average Bonchev–Trinajstić information content (AvgIpc) is 2.88. The van der Waals surface area contributed by atoms with Crippen LogP contribution < -0.4 is 4.74 Å². The van der Waals surface area contributed by atoms with Crippen LogP contribution in [0, 0.1) is 29.4 Å². The highest BCUT2D eigenvalue weighted by molar-refractivity contribution is 7.97. The minimum atomic E-state index is -0.883. The molecular formula is C31H31F2O3S+. The van der Waals surface area contributed by atoms with Gasteiger partial charge in [0.2, 0.25) is 0 Å². The lowest BCUT2D eigenvalue weighted by Crippen LogP contribution is -2.29. The number of rotatable bonds is 7. The molecule has 37 heavy (non-hydrogen) atoms. The van der Waals surface area contributed by atoms with E-state index in [0.29, 0.717) is 16.6 Å². The largest absolute Gasteiger partial charge is 0.482 e. The van der Waals surface area contributed by atoms with Crippen molar-refractivity contribution in [2.45, 2.75) is 66.2 Å². The van der Waals surface area contributed by atoms with Gasteiger partial charge in [-0.1, -0.05) is 49.3 Å². The number of ether oxygens (including phenoxy) is 2. The first kappa shape index (κ1) is 26.8. The molecule has 1 unspecified atom stereocenters. The second kappa shape index (κ2) is 12.3. The van der Waals surface area contributed by atoms with Gasteiger partial charge in [0.25, 0.3) is 0 Å². The van der Waals surface area contributed by atoms with Gasteiger partial charge in [-0.25, -0.2) is 13.6 Å². The van der Waals surface area contributed by atoms with E-state index in [2.05, 4.69) is 11.8 Å². The smallest absolute Gasteiger partial charge is 0.345 e. The molecule has 4 rings (SSSR count). The summed E-state index contributed by atoms with van der Waals surface area (Å²) in [5.41, 5.74) is -0.883. The Kier molecular flexibility index (Phi) is 8.89. The van der Waals surface area contributed by atoms with E-state index in [9.17, 15) is 13.6 Å². The molecule has 1 saturated carbocycles. The topological polar surface area (TPSA) is 35.5 Å². The first-order valence-corrected chi connectivity index (χ1v) is 13.7. The van der Waals surface area contributed by atoms with Gasteiger partial charge in [-0.3, -0.25) is 0 Å². The molecular weight excluding hydrogens is 490 g/mol. The summed E-state index contributed by atoms with van der Waals surface area (Å²) in [6, 6.07) is 20.3. The van der Waals surface area contributed by atoms with E-state index in [-0.39, 0.29) is 6.61 Å². The van der Waals surface area contributed by atoms with E-state index in [0.717, 1.165) is 28.7 Å². The molecule has 6 heteroatoms. The highest BCUT2D eigenvalue weighted by Crippen LogP contribution is 2.33. The van der Waals surface area contributed by atoms with Crippen LogP contribution in [0.4, 0.5) is 8.78 Å². The lowest BCUT2D eigenvalue weighted by atomic mass is 9.89. The molecule has 0 amide bonds. The number of halogens is 2. The minimum Gasteiger partial charge on any atom is -0.482 e. The highest BCUT2D eigenvalue weighted by Gasteiger charge is 2.30. The SMILES string of the molecule is CC(C)(C#CC1CCCCC1)OC(=O)COc1ccc([S+](c2ccccc2)c2cc(F)cc(F)c2)cc1. The average molecular weight is 522 g/mol. The maximum absolute atomic E-state index is 14.0. The maximum atomic E-state index is 14.0.